The third-order valence-corrected chi connectivity index (χ3v) is 2.70. The molecule has 0 saturated heterocycles. The molecule has 2 aromatic rings. The van der Waals surface area contributed by atoms with Gasteiger partial charge in [0.25, 0.3) is 0 Å². The van der Waals surface area contributed by atoms with Gasteiger partial charge in [0.05, 0.1) is 16.6 Å². The predicted octanol–water partition coefficient (Wildman–Crippen LogP) is 0.423. The van der Waals surface area contributed by atoms with Crippen molar-refractivity contribution in [3.8, 4) is 0 Å². The van der Waals surface area contributed by atoms with Gasteiger partial charge in [0.2, 0.25) is 5.82 Å². The molecule has 0 spiro atoms. The van der Waals surface area contributed by atoms with Crippen LogP contribution < -0.4 is 0 Å². The molecule has 0 atom stereocenters. The fraction of sp³-hybridized carbons (Fsp3) is 0. The van der Waals surface area contributed by atoms with Crippen LogP contribution in [0.5, 0.6) is 0 Å². The van der Waals surface area contributed by atoms with Crippen molar-refractivity contribution in [2.45, 2.75) is 0 Å². The Bertz CT molecular complexity index is 858. The number of rotatable bonds is 4. The molecule has 112 valence electrons. The van der Waals surface area contributed by atoms with E-state index in [1.807, 2.05) is 0 Å². The first kappa shape index (κ1) is 14.8. The fourth-order valence-electron chi connectivity index (χ4n) is 1.84. The van der Waals surface area contributed by atoms with Crippen LogP contribution in [0.3, 0.4) is 0 Å². The molecule has 1 heterocycles. The Hall–Kier alpha value is -3.56. The average molecular weight is 306 g/mol. The molecule has 0 bridgehead atoms. The number of hydrogen-bond donors (Lipinski definition) is 4. The smallest absolute Gasteiger partial charge is 0.373 e. The van der Waals surface area contributed by atoms with E-state index in [2.05, 4.69) is 9.97 Å². The van der Waals surface area contributed by atoms with Gasteiger partial charge in [-0.3, -0.25) is 0 Å². The molecule has 0 saturated carbocycles. The van der Waals surface area contributed by atoms with Crippen LogP contribution in [0.15, 0.2) is 12.1 Å². The maximum Gasteiger partial charge on any atom is 0.373 e. The first-order chi connectivity index (χ1) is 10.2. The van der Waals surface area contributed by atoms with Gasteiger partial charge in [-0.2, -0.15) is 0 Å². The SMILES string of the molecule is O=C(O)c1nc(C(=O)O)c2c(C(=O)O)ccc(C(=O)O)c2n1. The Morgan fingerprint density at radius 1 is 0.727 bits per heavy atom. The van der Waals surface area contributed by atoms with Crippen molar-refractivity contribution in [3.63, 3.8) is 0 Å². The lowest BCUT2D eigenvalue weighted by Crippen LogP contribution is -2.15. The van der Waals surface area contributed by atoms with Crippen LogP contribution in [-0.2, 0) is 0 Å². The summed E-state index contributed by atoms with van der Waals surface area (Å²) in [7, 11) is 0. The zero-order valence-corrected chi connectivity index (χ0v) is 10.5. The monoisotopic (exact) mass is 306 g/mol. The van der Waals surface area contributed by atoms with E-state index in [0.29, 0.717) is 0 Å². The zero-order chi connectivity index (χ0) is 16.6. The van der Waals surface area contributed by atoms with Crippen LogP contribution in [0.1, 0.15) is 41.8 Å². The van der Waals surface area contributed by atoms with Crippen LogP contribution >= 0.6 is 0 Å². The number of carbonyl (C=O) groups is 4. The lowest BCUT2D eigenvalue weighted by Gasteiger charge is -2.08. The highest BCUT2D eigenvalue weighted by Crippen LogP contribution is 2.25. The van der Waals surface area contributed by atoms with Gasteiger partial charge in [-0.05, 0) is 12.1 Å². The van der Waals surface area contributed by atoms with Gasteiger partial charge in [-0.1, -0.05) is 0 Å². The predicted molar refractivity (Wildman–Crippen MR) is 67.4 cm³/mol. The van der Waals surface area contributed by atoms with E-state index in [9.17, 15) is 19.2 Å². The van der Waals surface area contributed by atoms with E-state index in [-0.39, 0.29) is 0 Å². The highest BCUT2D eigenvalue weighted by atomic mass is 16.4. The molecule has 0 aliphatic heterocycles. The minimum absolute atomic E-state index is 0.535. The average Bonchev–Trinajstić information content (AvgIpc) is 2.43. The molecule has 0 unspecified atom stereocenters. The van der Waals surface area contributed by atoms with Gasteiger partial charge in [0.1, 0.15) is 0 Å². The highest BCUT2D eigenvalue weighted by Gasteiger charge is 2.25. The quantitative estimate of drug-likeness (QED) is 0.619. The summed E-state index contributed by atoms with van der Waals surface area (Å²) < 4.78 is 0. The maximum atomic E-state index is 11.2. The molecule has 1 aromatic heterocycles. The number of aromatic nitrogens is 2. The third kappa shape index (κ3) is 2.28. The van der Waals surface area contributed by atoms with Gasteiger partial charge < -0.3 is 20.4 Å². The Morgan fingerprint density at radius 2 is 1.27 bits per heavy atom. The van der Waals surface area contributed by atoms with E-state index in [1.165, 1.54) is 0 Å². The minimum atomic E-state index is -1.71. The summed E-state index contributed by atoms with van der Waals surface area (Å²) >= 11 is 0. The molecule has 0 radical (unpaired) electrons. The van der Waals surface area contributed by atoms with Crippen molar-refractivity contribution in [1.82, 2.24) is 9.97 Å². The van der Waals surface area contributed by atoms with Gasteiger partial charge in [-0.25, -0.2) is 29.1 Å². The Morgan fingerprint density at radius 3 is 1.73 bits per heavy atom. The molecule has 2 rings (SSSR count). The van der Waals surface area contributed by atoms with Crippen molar-refractivity contribution < 1.29 is 39.6 Å². The van der Waals surface area contributed by atoms with Crippen LogP contribution in [-0.4, -0.2) is 54.3 Å². The molecule has 0 aliphatic carbocycles. The molecule has 0 aliphatic rings. The number of hydrogen-bond acceptors (Lipinski definition) is 6. The minimum Gasteiger partial charge on any atom is -0.478 e. The Kier molecular flexibility index (Phi) is 3.43. The Balaban J connectivity index is 3.10. The second-order valence-corrected chi connectivity index (χ2v) is 4.00. The van der Waals surface area contributed by atoms with Gasteiger partial charge in [-0.15, -0.1) is 0 Å². The molecule has 22 heavy (non-hydrogen) atoms. The summed E-state index contributed by atoms with van der Waals surface area (Å²) in [5, 5.41) is 35.6. The van der Waals surface area contributed by atoms with E-state index in [4.69, 9.17) is 20.4 Å². The summed E-state index contributed by atoms with van der Waals surface area (Å²) in [6.45, 7) is 0. The van der Waals surface area contributed by atoms with E-state index < -0.39 is 57.4 Å². The molecular formula is C12H6N2O8. The molecular weight excluding hydrogens is 300 g/mol. The van der Waals surface area contributed by atoms with Crippen LogP contribution in [0.25, 0.3) is 10.9 Å². The largest absolute Gasteiger partial charge is 0.478 e. The molecule has 0 fully saturated rings. The molecule has 10 nitrogen and oxygen atoms in total. The van der Waals surface area contributed by atoms with Crippen molar-refractivity contribution in [2.24, 2.45) is 0 Å². The fourth-order valence-corrected chi connectivity index (χ4v) is 1.84. The Labute approximate surface area is 120 Å². The van der Waals surface area contributed by atoms with Crippen molar-refractivity contribution >= 4 is 34.8 Å². The number of nitrogens with zero attached hydrogens (tertiary/aromatic N) is 2. The van der Waals surface area contributed by atoms with Crippen molar-refractivity contribution in [1.29, 1.82) is 0 Å². The zero-order valence-electron chi connectivity index (χ0n) is 10.5. The number of carboxylic acids is 4. The summed E-state index contributed by atoms with van der Waals surface area (Å²) in [4.78, 5) is 51.2. The van der Waals surface area contributed by atoms with Gasteiger partial charge in [0.15, 0.2) is 5.69 Å². The lowest BCUT2D eigenvalue weighted by molar-refractivity contribution is 0.0669. The van der Waals surface area contributed by atoms with Crippen molar-refractivity contribution in [3.05, 3.63) is 34.8 Å². The second-order valence-electron chi connectivity index (χ2n) is 4.00. The molecule has 4 N–H and O–H groups in total. The standard InChI is InChI=1S/C12H6N2O8/c15-9(16)3-1-2-4(10(17)18)6-5(3)7(11(19)20)14-8(13-6)12(21)22/h1-2H,(H,15,16)(H,17,18)(H,19,20)(H,21,22). The maximum absolute atomic E-state index is 11.2. The normalized spacial score (nSPS) is 10.4. The lowest BCUT2D eigenvalue weighted by atomic mass is 10.0. The second kappa shape index (κ2) is 5.09. The summed E-state index contributed by atoms with van der Waals surface area (Å²) in [6.07, 6.45) is 0. The number of aromatic carboxylic acids is 4. The van der Waals surface area contributed by atoms with Gasteiger partial charge >= 0.3 is 23.9 Å². The van der Waals surface area contributed by atoms with E-state index in [1.54, 1.807) is 0 Å². The van der Waals surface area contributed by atoms with Crippen molar-refractivity contribution in [2.75, 3.05) is 0 Å². The van der Waals surface area contributed by atoms with Crippen LogP contribution in [0, 0.1) is 0 Å². The van der Waals surface area contributed by atoms with E-state index >= 15 is 0 Å². The van der Waals surface area contributed by atoms with Crippen LogP contribution in [0.2, 0.25) is 0 Å². The molecule has 10 heteroatoms. The number of benzene rings is 1. The summed E-state index contributed by atoms with van der Waals surface area (Å²) in [6, 6.07) is 1.79. The molecule has 0 amide bonds. The highest BCUT2D eigenvalue weighted by molar-refractivity contribution is 6.15. The summed E-state index contributed by atoms with van der Waals surface area (Å²) in [5.74, 6) is -7.39. The van der Waals surface area contributed by atoms with Gasteiger partial charge in [0, 0.05) is 5.39 Å². The van der Waals surface area contributed by atoms with Crippen LogP contribution in [0.4, 0.5) is 0 Å². The first-order valence-corrected chi connectivity index (χ1v) is 5.52. The number of carboxylic acid groups (broad SMARTS) is 4. The van der Waals surface area contributed by atoms with E-state index in [0.717, 1.165) is 12.1 Å². The topological polar surface area (TPSA) is 175 Å². The number of fused-ring (bicyclic) bond motifs is 1. The first-order valence-electron chi connectivity index (χ1n) is 5.52. The third-order valence-electron chi connectivity index (χ3n) is 2.70. The summed E-state index contributed by atoms with van der Waals surface area (Å²) in [5.41, 5.74) is -2.55. The molecule has 1 aromatic carbocycles.